The van der Waals surface area contributed by atoms with Gasteiger partial charge in [0, 0.05) is 0 Å². The third-order valence-corrected chi connectivity index (χ3v) is 3.59. The molecule has 0 fully saturated rings. The van der Waals surface area contributed by atoms with Crippen molar-refractivity contribution in [3.05, 3.63) is 30.3 Å². The van der Waals surface area contributed by atoms with E-state index in [0.29, 0.717) is 0 Å². The van der Waals surface area contributed by atoms with Crippen LogP contribution in [0.2, 0.25) is 0 Å². The van der Waals surface area contributed by atoms with Crippen molar-refractivity contribution in [2.24, 2.45) is 0 Å². The van der Waals surface area contributed by atoms with Gasteiger partial charge in [-0.05, 0) is 18.6 Å². The minimum absolute atomic E-state index is 0. The van der Waals surface area contributed by atoms with Gasteiger partial charge >= 0.3 is 0 Å². The van der Waals surface area contributed by atoms with E-state index >= 15 is 0 Å². The summed E-state index contributed by atoms with van der Waals surface area (Å²) in [6.07, 6.45) is 4.06. The van der Waals surface area contributed by atoms with Gasteiger partial charge in [-0.3, -0.25) is 4.18 Å². The quantitative estimate of drug-likeness (QED) is 0.602. The summed E-state index contributed by atoms with van der Waals surface area (Å²) in [6, 6.07) is 8.24. The topological polar surface area (TPSA) is 78.4 Å². The number of unbranched alkanes of at least 4 members (excludes halogenated alkanes) is 3. The van der Waals surface area contributed by atoms with Crippen LogP contribution in [0.15, 0.2) is 35.2 Å². The van der Waals surface area contributed by atoms with Gasteiger partial charge in [-0.25, -0.2) is 0 Å². The minimum atomic E-state index is -3.55. The van der Waals surface area contributed by atoms with Crippen molar-refractivity contribution in [3.63, 3.8) is 0 Å². The van der Waals surface area contributed by atoms with E-state index in [9.17, 15) is 8.42 Å². The van der Waals surface area contributed by atoms with E-state index < -0.39 is 10.1 Å². The van der Waals surface area contributed by atoms with Crippen molar-refractivity contribution < 1.29 is 12.6 Å². The first kappa shape index (κ1) is 16.1. The van der Waals surface area contributed by atoms with Crippen LogP contribution in [0.5, 0.6) is 0 Å². The normalized spacial score (nSPS) is 10.9. The van der Waals surface area contributed by atoms with Crippen molar-refractivity contribution in [1.82, 2.24) is 6.15 Å². The van der Waals surface area contributed by atoms with Crippen molar-refractivity contribution >= 4 is 10.1 Å². The Hall–Kier alpha value is -0.910. The van der Waals surface area contributed by atoms with E-state index in [4.69, 9.17) is 4.18 Å². The molecule has 0 atom stereocenters. The summed E-state index contributed by atoms with van der Waals surface area (Å²) in [5.74, 6) is 0. The second kappa shape index (κ2) is 8.22. The summed E-state index contributed by atoms with van der Waals surface area (Å²) in [5.41, 5.74) is 0. The van der Waals surface area contributed by atoms with E-state index in [2.05, 4.69) is 6.92 Å². The zero-order chi connectivity index (χ0) is 11.9. The van der Waals surface area contributed by atoms with E-state index in [1.165, 1.54) is 0 Å². The highest BCUT2D eigenvalue weighted by molar-refractivity contribution is 7.86. The molecule has 0 saturated carbocycles. The molecule has 0 unspecified atom stereocenters. The van der Waals surface area contributed by atoms with Crippen molar-refractivity contribution in [2.45, 2.75) is 37.5 Å². The van der Waals surface area contributed by atoms with Gasteiger partial charge in [-0.1, -0.05) is 44.4 Å². The summed E-state index contributed by atoms with van der Waals surface area (Å²) in [4.78, 5) is 0.227. The summed E-state index contributed by atoms with van der Waals surface area (Å²) < 4.78 is 28.2. The lowest BCUT2D eigenvalue weighted by Crippen LogP contribution is -2.07. The third kappa shape index (κ3) is 5.81. The van der Waals surface area contributed by atoms with Crippen LogP contribution in [-0.2, 0) is 14.3 Å². The molecule has 0 spiro atoms. The molecule has 0 saturated heterocycles. The van der Waals surface area contributed by atoms with Crippen LogP contribution in [0, 0.1) is 0 Å². The fraction of sp³-hybridized carbons (Fsp3) is 0.500. The number of hydrogen-bond donors (Lipinski definition) is 1. The molecule has 5 heteroatoms. The Balaban J connectivity index is 0.00000256. The molecule has 98 valence electrons. The average molecular weight is 259 g/mol. The Morgan fingerprint density at radius 3 is 2.29 bits per heavy atom. The molecule has 1 rings (SSSR count). The maximum atomic E-state index is 11.6. The summed E-state index contributed by atoms with van der Waals surface area (Å²) in [5, 5.41) is 0. The van der Waals surface area contributed by atoms with Crippen LogP contribution in [-0.4, -0.2) is 15.0 Å². The Kier molecular flexibility index (Phi) is 7.78. The monoisotopic (exact) mass is 259 g/mol. The molecule has 0 heterocycles. The SMILES string of the molecule is CCCCCCOS(=O)(=O)c1ccccc1.N. The average Bonchev–Trinajstić information content (AvgIpc) is 2.30. The van der Waals surface area contributed by atoms with Crippen LogP contribution >= 0.6 is 0 Å². The second-order valence-corrected chi connectivity index (χ2v) is 5.27. The Morgan fingerprint density at radius 2 is 1.71 bits per heavy atom. The van der Waals surface area contributed by atoms with Crippen LogP contribution < -0.4 is 6.15 Å². The van der Waals surface area contributed by atoms with Gasteiger partial charge in [0.15, 0.2) is 0 Å². The molecule has 1 aromatic carbocycles. The first-order valence-corrected chi connectivity index (χ1v) is 7.02. The predicted molar refractivity (Wildman–Crippen MR) is 68.7 cm³/mol. The van der Waals surface area contributed by atoms with Crippen molar-refractivity contribution in [3.8, 4) is 0 Å². The highest BCUT2D eigenvalue weighted by Gasteiger charge is 2.13. The lowest BCUT2D eigenvalue weighted by Gasteiger charge is -2.04. The fourth-order valence-electron chi connectivity index (χ4n) is 1.35. The predicted octanol–water partition coefficient (Wildman–Crippen LogP) is 3.13. The molecular weight excluding hydrogens is 238 g/mol. The van der Waals surface area contributed by atoms with Crippen LogP contribution in [0.3, 0.4) is 0 Å². The van der Waals surface area contributed by atoms with E-state index in [1.807, 2.05) is 0 Å². The van der Waals surface area contributed by atoms with Gasteiger partial charge in [-0.2, -0.15) is 8.42 Å². The van der Waals surface area contributed by atoms with Gasteiger partial charge in [0.05, 0.1) is 11.5 Å². The summed E-state index contributed by atoms with van der Waals surface area (Å²) in [7, 11) is -3.55. The first-order valence-electron chi connectivity index (χ1n) is 5.61. The number of benzene rings is 1. The molecule has 17 heavy (non-hydrogen) atoms. The molecule has 0 amide bonds. The van der Waals surface area contributed by atoms with Gasteiger partial charge in [-0.15, -0.1) is 0 Å². The highest BCUT2D eigenvalue weighted by Crippen LogP contribution is 2.12. The molecule has 0 aliphatic carbocycles. The van der Waals surface area contributed by atoms with Gasteiger partial charge in [0.2, 0.25) is 0 Å². The molecule has 0 radical (unpaired) electrons. The first-order chi connectivity index (χ1) is 7.67. The molecule has 0 aliphatic rings. The molecule has 0 aliphatic heterocycles. The Bertz CT molecular complexity index is 389. The third-order valence-electron chi connectivity index (χ3n) is 2.27. The van der Waals surface area contributed by atoms with Crippen LogP contribution in [0.1, 0.15) is 32.6 Å². The largest absolute Gasteiger partial charge is 0.344 e. The van der Waals surface area contributed by atoms with Crippen LogP contribution in [0.25, 0.3) is 0 Å². The highest BCUT2D eigenvalue weighted by atomic mass is 32.2. The smallest absolute Gasteiger partial charge is 0.296 e. The molecule has 0 bridgehead atoms. The number of rotatable bonds is 7. The molecule has 3 N–H and O–H groups in total. The molecule has 0 aromatic heterocycles. The van der Waals surface area contributed by atoms with Gasteiger partial charge < -0.3 is 6.15 Å². The maximum absolute atomic E-state index is 11.6. The molecular formula is C12H21NO3S. The van der Waals surface area contributed by atoms with E-state index in [0.717, 1.165) is 25.7 Å². The Morgan fingerprint density at radius 1 is 1.06 bits per heavy atom. The molecule has 1 aromatic rings. The van der Waals surface area contributed by atoms with Gasteiger partial charge in [0.1, 0.15) is 0 Å². The zero-order valence-electron chi connectivity index (χ0n) is 10.3. The Labute approximate surface area is 104 Å². The number of hydrogen-bond acceptors (Lipinski definition) is 4. The van der Waals surface area contributed by atoms with Crippen molar-refractivity contribution in [2.75, 3.05) is 6.61 Å². The van der Waals surface area contributed by atoms with Crippen molar-refractivity contribution in [1.29, 1.82) is 0 Å². The summed E-state index contributed by atoms with van der Waals surface area (Å²) in [6.45, 7) is 2.39. The summed E-state index contributed by atoms with van der Waals surface area (Å²) >= 11 is 0. The van der Waals surface area contributed by atoms with E-state index in [-0.39, 0.29) is 17.7 Å². The second-order valence-electron chi connectivity index (χ2n) is 3.65. The lowest BCUT2D eigenvalue weighted by atomic mass is 10.2. The maximum Gasteiger partial charge on any atom is 0.296 e. The zero-order valence-corrected chi connectivity index (χ0v) is 11.1. The van der Waals surface area contributed by atoms with E-state index in [1.54, 1.807) is 30.3 Å². The molecule has 4 nitrogen and oxygen atoms in total. The van der Waals surface area contributed by atoms with Gasteiger partial charge in [0.25, 0.3) is 10.1 Å². The minimum Gasteiger partial charge on any atom is -0.344 e. The fourth-order valence-corrected chi connectivity index (χ4v) is 2.32. The lowest BCUT2D eigenvalue weighted by molar-refractivity contribution is 0.307. The van der Waals surface area contributed by atoms with Crippen LogP contribution in [0.4, 0.5) is 0 Å². The standard InChI is InChI=1S/C12H18O3S.H3N/c1-2-3-4-8-11-15-16(13,14)12-9-6-5-7-10-12;/h5-7,9-10H,2-4,8,11H2,1H3;1H3.